The summed E-state index contributed by atoms with van der Waals surface area (Å²) in [6, 6.07) is 10.2. The second kappa shape index (κ2) is 7.31. The molecule has 0 aliphatic heterocycles. The Morgan fingerprint density at radius 1 is 1.14 bits per heavy atom. The smallest absolute Gasteiger partial charge is 0.250 e. The zero-order valence-corrected chi connectivity index (χ0v) is 12.5. The normalized spacial score (nSPS) is 10.1. The molecule has 6 nitrogen and oxygen atoms in total. The van der Waals surface area contributed by atoms with E-state index in [1.54, 1.807) is 38.6 Å². The lowest BCUT2D eigenvalue weighted by Gasteiger charge is -2.13. The largest absolute Gasteiger partial charge is 0.493 e. The summed E-state index contributed by atoms with van der Waals surface area (Å²) >= 11 is 0. The molecule has 116 valence electrons. The number of methoxy groups -OCH3 is 2. The van der Waals surface area contributed by atoms with Crippen molar-refractivity contribution in [1.29, 1.82) is 0 Å². The van der Waals surface area contributed by atoms with Crippen molar-refractivity contribution in [2.75, 3.05) is 14.2 Å². The molecule has 0 spiro atoms. The number of hydrogen-bond donors (Lipinski definition) is 1. The van der Waals surface area contributed by atoms with Crippen LogP contribution in [0.1, 0.15) is 5.56 Å². The highest BCUT2D eigenvalue weighted by molar-refractivity contribution is 5.75. The van der Waals surface area contributed by atoms with Crippen LogP contribution < -0.4 is 20.3 Å². The predicted molar refractivity (Wildman–Crippen MR) is 82.1 cm³/mol. The Kier molecular flexibility index (Phi) is 5.19. The number of carbonyl (C=O) groups excluding carboxylic acids is 1. The van der Waals surface area contributed by atoms with E-state index in [1.807, 2.05) is 12.1 Å². The van der Waals surface area contributed by atoms with Gasteiger partial charge in [-0.15, -0.1) is 0 Å². The van der Waals surface area contributed by atoms with E-state index in [2.05, 4.69) is 5.32 Å². The van der Waals surface area contributed by atoms with Crippen LogP contribution >= 0.6 is 0 Å². The van der Waals surface area contributed by atoms with Crippen LogP contribution in [0, 0.1) is 0 Å². The van der Waals surface area contributed by atoms with E-state index in [9.17, 15) is 9.59 Å². The quantitative estimate of drug-likeness (QED) is 0.870. The number of carbonyl (C=O) groups is 1. The van der Waals surface area contributed by atoms with Crippen LogP contribution in [0.4, 0.5) is 0 Å². The predicted octanol–water partition coefficient (Wildman–Crippen LogP) is 1.18. The number of hydrogen-bond acceptors (Lipinski definition) is 4. The van der Waals surface area contributed by atoms with Gasteiger partial charge in [0, 0.05) is 24.4 Å². The molecule has 1 heterocycles. The molecule has 1 aromatic heterocycles. The molecule has 2 aromatic rings. The Bertz CT molecular complexity index is 709. The minimum Gasteiger partial charge on any atom is -0.493 e. The highest BCUT2D eigenvalue weighted by Crippen LogP contribution is 2.30. The molecule has 1 aromatic carbocycles. The van der Waals surface area contributed by atoms with Crippen molar-refractivity contribution in [3.8, 4) is 11.5 Å². The lowest BCUT2D eigenvalue weighted by atomic mass is 10.2. The van der Waals surface area contributed by atoms with Crippen molar-refractivity contribution in [2.24, 2.45) is 0 Å². The number of ether oxygens (including phenoxy) is 2. The van der Waals surface area contributed by atoms with Crippen molar-refractivity contribution >= 4 is 5.91 Å². The zero-order chi connectivity index (χ0) is 15.9. The van der Waals surface area contributed by atoms with Gasteiger partial charge in [-0.3, -0.25) is 9.59 Å². The van der Waals surface area contributed by atoms with Crippen LogP contribution in [0.15, 0.2) is 47.4 Å². The molecule has 0 unspecified atom stereocenters. The molecule has 0 aliphatic rings. The summed E-state index contributed by atoms with van der Waals surface area (Å²) in [6.45, 7) is 0.271. The summed E-state index contributed by atoms with van der Waals surface area (Å²) in [5.74, 6) is 0.939. The topological polar surface area (TPSA) is 69.6 Å². The Morgan fingerprint density at radius 2 is 1.95 bits per heavy atom. The summed E-state index contributed by atoms with van der Waals surface area (Å²) in [7, 11) is 3.11. The van der Waals surface area contributed by atoms with E-state index < -0.39 is 0 Å². The fraction of sp³-hybridized carbons (Fsp3) is 0.250. The van der Waals surface area contributed by atoms with Gasteiger partial charge in [0.05, 0.1) is 14.2 Å². The van der Waals surface area contributed by atoms with Crippen LogP contribution in [0.25, 0.3) is 0 Å². The molecule has 1 N–H and O–H groups in total. The van der Waals surface area contributed by atoms with Gasteiger partial charge in [-0.05, 0) is 12.1 Å². The Labute approximate surface area is 128 Å². The fourth-order valence-electron chi connectivity index (χ4n) is 2.09. The number of nitrogens with one attached hydrogen (secondary N) is 1. The van der Waals surface area contributed by atoms with E-state index in [0.717, 1.165) is 5.56 Å². The highest BCUT2D eigenvalue weighted by atomic mass is 16.5. The first-order valence-corrected chi connectivity index (χ1v) is 6.77. The molecule has 0 aliphatic carbocycles. The van der Waals surface area contributed by atoms with Crippen molar-refractivity contribution in [1.82, 2.24) is 9.88 Å². The third kappa shape index (κ3) is 3.66. The van der Waals surface area contributed by atoms with Gasteiger partial charge in [-0.1, -0.05) is 18.2 Å². The first kappa shape index (κ1) is 15.6. The Hall–Kier alpha value is -2.76. The van der Waals surface area contributed by atoms with Crippen molar-refractivity contribution in [3.63, 3.8) is 0 Å². The summed E-state index contributed by atoms with van der Waals surface area (Å²) in [6.07, 6.45) is 1.58. The van der Waals surface area contributed by atoms with Crippen molar-refractivity contribution < 1.29 is 14.3 Å². The zero-order valence-electron chi connectivity index (χ0n) is 12.5. The molecule has 1 amide bonds. The van der Waals surface area contributed by atoms with Crippen molar-refractivity contribution in [3.05, 3.63) is 58.5 Å². The molecule has 6 heteroatoms. The van der Waals surface area contributed by atoms with E-state index in [0.29, 0.717) is 18.0 Å². The molecule has 22 heavy (non-hydrogen) atoms. The van der Waals surface area contributed by atoms with Crippen LogP contribution in [0.3, 0.4) is 0 Å². The molecule has 0 atom stereocenters. The maximum absolute atomic E-state index is 11.9. The van der Waals surface area contributed by atoms with Gasteiger partial charge in [0.25, 0.3) is 5.56 Å². The van der Waals surface area contributed by atoms with E-state index in [4.69, 9.17) is 9.47 Å². The molecular weight excluding hydrogens is 284 g/mol. The summed E-state index contributed by atoms with van der Waals surface area (Å²) in [5.41, 5.74) is 0.590. The van der Waals surface area contributed by atoms with Gasteiger partial charge in [-0.25, -0.2) is 0 Å². The fourth-order valence-corrected chi connectivity index (χ4v) is 2.09. The number of para-hydroxylation sites is 1. The lowest BCUT2D eigenvalue weighted by molar-refractivity contribution is -0.121. The van der Waals surface area contributed by atoms with Crippen LogP contribution in [0.5, 0.6) is 11.5 Å². The summed E-state index contributed by atoms with van der Waals surface area (Å²) < 4.78 is 11.9. The third-order valence-corrected chi connectivity index (χ3v) is 3.17. The van der Waals surface area contributed by atoms with Crippen LogP contribution in [-0.4, -0.2) is 24.7 Å². The SMILES string of the molecule is COc1cccc(CNC(=O)Cn2ccccc2=O)c1OC. The van der Waals surface area contributed by atoms with Gasteiger partial charge in [0.15, 0.2) is 11.5 Å². The highest BCUT2D eigenvalue weighted by Gasteiger charge is 2.10. The number of nitrogens with zero attached hydrogens (tertiary/aromatic N) is 1. The number of pyridine rings is 1. The average molecular weight is 302 g/mol. The molecule has 0 bridgehead atoms. The lowest BCUT2D eigenvalue weighted by Crippen LogP contribution is -2.31. The third-order valence-electron chi connectivity index (χ3n) is 3.17. The minimum atomic E-state index is -0.252. The van der Waals surface area contributed by atoms with E-state index in [-0.39, 0.29) is 18.0 Å². The van der Waals surface area contributed by atoms with Gasteiger partial charge in [0.2, 0.25) is 5.91 Å². The van der Waals surface area contributed by atoms with Crippen molar-refractivity contribution in [2.45, 2.75) is 13.1 Å². The standard InChI is InChI=1S/C16H18N2O4/c1-21-13-7-5-6-12(16(13)22-2)10-17-14(19)11-18-9-4-3-8-15(18)20/h3-9H,10-11H2,1-2H3,(H,17,19). The Balaban J connectivity index is 2.03. The molecule has 0 radical (unpaired) electrons. The maximum Gasteiger partial charge on any atom is 0.250 e. The minimum absolute atomic E-state index is 0.0219. The number of amides is 1. The summed E-state index contributed by atoms with van der Waals surface area (Å²) in [5, 5.41) is 2.77. The van der Waals surface area contributed by atoms with Gasteiger partial charge in [-0.2, -0.15) is 0 Å². The van der Waals surface area contributed by atoms with Gasteiger partial charge in [0.1, 0.15) is 6.54 Å². The van der Waals surface area contributed by atoms with E-state index >= 15 is 0 Å². The van der Waals surface area contributed by atoms with E-state index in [1.165, 1.54) is 10.6 Å². The molecular formula is C16H18N2O4. The molecule has 0 saturated heterocycles. The second-order valence-corrected chi connectivity index (χ2v) is 4.60. The number of benzene rings is 1. The Morgan fingerprint density at radius 3 is 2.64 bits per heavy atom. The number of rotatable bonds is 6. The first-order valence-electron chi connectivity index (χ1n) is 6.77. The first-order chi connectivity index (χ1) is 10.7. The van der Waals surface area contributed by atoms with Crippen LogP contribution in [-0.2, 0) is 17.9 Å². The molecule has 2 rings (SSSR count). The second-order valence-electron chi connectivity index (χ2n) is 4.60. The van der Waals surface area contributed by atoms with Crippen LogP contribution in [0.2, 0.25) is 0 Å². The van der Waals surface area contributed by atoms with Gasteiger partial charge < -0.3 is 19.4 Å². The van der Waals surface area contributed by atoms with Gasteiger partial charge >= 0.3 is 0 Å². The number of aromatic nitrogens is 1. The average Bonchev–Trinajstić information content (AvgIpc) is 2.54. The maximum atomic E-state index is 11.9. The molecule has 0 fully saturated rings. The monoisotopic (exact) mass is 302 g/mol. The molecule has 0 saturated carbocycles. The summed E-state index contributed by atoms with van der Waals surface area (Å²) in [4.78, 5) is 23.5.